The maximum Gasteiger partial charge on any atom is 0.336 e. The van der Waals surface area contributed by atoms with Crippen LogP contribution in [0.25, 0.3) is 11.0 Å². The Labute approximate surface area is 134 Å². The topological polar surface area (TPSA) is 94.6 Å². The number of benzene rings is 1. The Morgan fingerprint density at radius 2 is 2.04 bits per heavy atom. The summed E-state index contributed by atoms with van der Waals surface area (Å²) in [6.45, 7) is 4.44. The van der Waals surface area contributed by atoms with Gasteiger partial charge >= 0.3 is 5.63 Å². The highest BCUT2D eigenvalue weighted by Crippen LogP contribution is 2.19. The molecule has 0 aliphatic heterocycles. The average molecular weight is 318 g/mol. The quantitative estimate of drug-likeness (QED) is 0.757. The first-order valence-electron chi connectivity index (χ1n) is 7.64. The van der Waals surface area contributed by atoms with Crippen molar-refractivity contribution in [3.8, 4) is 5.75 Å². The van der Waals surface area contributed by atoms with Crippen LogP contribution in [-0.4, -0.2) is 25.1 Å². The maximum atomic E-state index is 11.9. The molecular formula is C17H22N2O4. The number of rotatable bonds is 7. The Balaban J connectivity index is 1.94. The summed E-state index contributed by atoms with van der Waals surface area (Å²) in [4.78, 5) is 23.1. The van der Waals surface area contributed by atoms with Gasteiger partial charge in [-0.15, -0.1) is 0 Å². The third-order valence-corrected chi connectivity index (χ3v) is 3.37. The molecule has 3 N–H and O–H groups in total. The lowest BCUT2D eigenvalue weighted by Gasteiger charge is -2.18. The molecule has 0 aliphatic rings. The summed E-state index contributed by atoms with van der Waals surface area (Å²) in [6, 6.07) is 8.07. The van der Waals surface area contributed by atoms with Crippen molar-refractivity contribution in [1.82, 2.24) is 5.32 Å². The SMILES string of the molecule is CC(C)CC(CN)NC(=O)COc1ccc2ccc(=O)oc2c1. The highest BCUT2D eigenvalue weighted by Gasteiger charge is 2.13. The predicted molar refractivity (Wildman–Crippen MR) is 88.4 cm³/mol. The van der Waals surface area contributed by atoms with Crippen molar-refractivity contribution in [2.75, 3.05) is 13.2 Å². The van der Waals surface area contributed by atoms with Gasteiger partial charge in [-0.05, 0) is 30.5 Å². The molecule has 1 aromatic heterocycles. The number of hydrogen-bond donors (Lipinski definition) is 2. The summed E-state index contributed by atoms with van der Waals surface area (Å²) in [7, 11) is 0. The zero-order valence-electron chi connectivity index (χ0n) is 13.4. The van der Waals surface area contributed by atoms with Gasteiger partial charge in [0.25, 0.3) is 5.91 Å². The largest absolute Gasteiger partial charge is 0.484 e. The van der Waals surface area contributed by atoms with Crippen molar-refractivity contribution in [1.29, 1.82) is 0 Å². The molecular weight excluding hydrogens is 296 g/mol. The summed E-state index contributed by atoms with van der Waals surface area (Å²) in [6.07, 6.45) is 0.823. The fourth-order valence-corrected chi connectivity index (χ4v) is 2.33. The van der Waals surface area contributed by atoms with Crippen molar-refractivity contribution in [3.63, 3.8) is 0 Å². The molecule has 23 heavy (non-hydrogen) atoms. The second-order valence-electron chi connectivity index (χ2n) is 5.87. The molecule has 2 aromatic rings. The summed E-state index contributed by atoms with van der Waals surface area (Å²) in [5, 5.41) is 3.65. The van der Waals surface area contributed by atoms with Crippen LogP contribution in [0.5, 0.6) is 5.75 Å². The summed E-state index contributed by atoms with van der Waals surface area (Å²) in [5.41, 5.74) is 5.66. The molecule has 0 aliphatic carbocycles. The van der Waals surface area contributed by atoms with E-state index in [9.17, 15) is 9.59 Å². The van der Waals surface area contributed by atoms with Gasteiger partial charge < -0.3 is 20.2 Å². The van der Waals surface area contributed by atoms with Gasteiger partial charge in [-0.3, -0.25) is 4.79 Å². The molecule has 124 valence electrons. The monoisotopic (exact) mass is 318 g/mol. The zero-order valence-corrected chi connectivity index (χ0v) is 13.4. The number of ether oxygens (including phenoxy) is 1. The maximum absolute atomic E-state index is 11.9. The molecule has 0 bridgehead atoms. The summed E-state index contributed by atoms with van der Waals surface area (Å²) in [5.74, 6) is 0.694. The van der Waals surface area contributed by atoms with Crippen molar-refractivity contribution in [2.45, 2.75) is 26.3 Å². The number of carbonyl (C=O) groups excluding carboxylic acids is 1. The molecule has 1 atom stereocenters. The van der Waals surface area contributed by atoms with Crippen LogP contribution in [0.4, 0.5) is 0 Å². The Hall–Kier alpha value is -2.34. The molecule has 0 fully saturated rings. The van der Waals surface area contributed by atoms with Crippen LogP contribution in [0.1, 0.15) is 20.3 Å². The van der Waals surface area contributed by atoms with Crippen molar-refractivity contribution in [3.05, 3.63) is 40.8 Å². The molecule has 1 aromatic carbocycles. The first-order valence-corrected chi connectivity index (χ1v) is 7.64. The Morgan fingerprint density at radius 3 is 2.74 bits per heavy atom. The molecule has 6 heteroatoms. The molecule has 0 saturated heterocycles. The van der Waals surface area contributed by atoms with Crippen LogP contribution in [0.3, 0.4) is 0 Å². The van der Waals surface area contributed by atoms with E-state index in [1.807, 2.05) is 0 Å². The highest BCUT2D eigenvalue weighted by atomic mass is 16.5. The van der Waals surface area contributed by atoms with Gasteiger partial charge in [-0.2, -0.15) is 0 Å². The van der Waals surface area contributed by atoms with Gasteiger partial charge in [0.2, 0.25) is 0 Å². The van der Waals surface area contributed by atoms with Crippen molar-refractivity contribution < 1.29 is 13.9 Å². The number of carbonyl (C=O) groups is 1. The summed E-state index contributed by atoms with van der Waals surface area (Å²) >= 11 is 0. The van der Waals surface area contributed by atoms with Crippen LogP contribution >= 0.6 is 0 Å². The lowest BCUT2D eigenvalue weighted by Crippen LogP contribution is -2.43. The number of nitrogens with one attached hydrogen (secondary N) is 1. The first-order chi connectivity index (χ1) is 11.0. The van der Waals surface area contributed by atoms with E-state index in [2.05, 4.69) is 19.2 Å². The van der Waals surface area contributed by atoms with Crippen LogP contribution in [0, 0.1) is 5.92 Å². The zero-order chi connectivity index (χ0) is 16.8. The number of nitrogens with two attached hydrogens (primary N) is 1. The van der Waals surface area contributed by atoms with Gasteiger partial charge in [0.05, 0.1) is 0 Å². The van der Waals surface area contributed by atoms with Crippen molar-refractivity contribution >= 4 is 16.9 Å². The first kappa shape index (κ1) is 17.0. The lowest BCUT2D eigenvalue weighted by molar-refractivity contribution is -0.123. The number of fused-ring (bicyclic) bond motifs is 1. The third kappa shape index (κ3) is 5.10. The minimum atomic E-state index is -0.424. The third-order valence-electron chi connectivity index (χ3n) is 3.37. The molecule has 1 heterocycles. The highest BCUT2D eigenvalue weighted by molar-refractivity contribution is 5.79. The van der Waals surface area contributed by atoms with Gasteiger partial charge in [0.1, 0.15) is 11.3 Å². The van der Waals surface area contributed by atoms with Crippen molar-refractivity contribution in [2.24, 2.45) is 11.7 Å². The Bertz CT molecular complexity index is 724. The fourth-order valence-electron chi connectivity index (χ4n) is 2.33. The van der Waals surface area contributed by atoms with E-state index < -0.39 is 5.63 Å². The second kappa shape index (κ2) is 7.78. The Morgan fingerprint density at radius 1 is 1.30 bits per heavy atom. The molecule has 1 unspecified atom stereocenters. The minimum Gasteiger partial charge on any atom is -0.484 e. The Kier molecular flexibility index (Phi) is 5.76. The minimum absolute atomic E-state index is 0.0549. The van der Waals surface area contributed by atoms with E-state index in [0.717, 1.165) is 11.8 Å². The van der Waals surface area contributed by atoms with Crippen LogP contribution in [0.15, 0.2) is 39.5 Å². The molecule has 1 amide bonds. The lowest BCUT2D eigenvalue weighted by atomic mass is 10.0. The van der Waals surface area contributed by atoms with E-state index in [1.165, 1.54) is 6.07 Å². The van der Waals surface area contributed by atoms with E-state index in [0.29, 0.717) is 23.8 Å². The summed E-state index contributed by atoms with van der Waals surface area (Å²) < 4.78 is 10.5. The standard InChI is InChI=1S/C17H22N2O4/c1-11(2)7-13(9-18)19-16(20)10-22-14-5-3-12-4-6-17(21)23-15(12)8-14/h3-6,8,11,13H,7,9-10,18H2,1-2H3,(H,19,20). The van der Waals surface area contributed by atoms with Gasteiger partial charge in [-0.1, -0.05) is 13.8 Å². The smallest absolute Gasteiger partial charge is 0.336 e. The normalized spacial score (nSPS) is 12.3. The van der Waals surface area contributed by atoms with Gasteiger partial charge in [0, 0.05) is 30.1 Å². The van der Waals surface area contributed by atoms with Gasteiger partial charge in [-0.25, -0.2) is 4.79 Å². The molecule has 0 spiro atoms. The second-order valence-corrected chi connectivity index (χ2v) is 5.87. The molecule has 6 nitrogen and oxygen atoms in total. The van der Waals surface area contributed by atoms with E-state index in [1.54, 1.807) is 24.3 Å². The fraction of sp³-hybridized carbons (Fsp3) is 0.412. The van der Waals surface area contributed by atoms with E-state index in [4.69, 9.17) is 14.9 Å². The van der Waals surface area contributed by atoms with E-state index in [-0.39, 0.29) is 18.6 Å². The molecule has 0 saturated carbocycles. The van der Waals surface area contributed by atoms with E-state index >= 15 is 0 Å². The number of amides is 1. The van der Waals surface area contributed by atoms with Crippen LogP contribution in [-0.2, 0) is 4.79 Å². The van der Waals surface area contributed by atoms with Gasteiger partial charge in [0.15, 0.2) is 6.61 Å². The predicted octanol–water partition coefficient (Wildman–Crippen LogP) is 1.66. The average Bonchev–Trinajstić information content (AvgIpc) is 2.51. The molecule has 0 radical (unpaired) electrons. The molecule has 2 rings (SSSR count). The van der Waals surface area contributed by atoms with Crippen LogP contribution in [0.2, 0.25) is 0 Å². The number of hydrogen-bond acceptors (Lipinski definition) is 5. The van der Waals surface area contributed by atoms with Crippen LogP contribution < -0.4 is 21.4 Å².